The Morgan fingerprint density at radius 2 is 1.61 bits per heavy atom. The molecule has 1 heterocycles. The first-order valence-corrected chi connectivity index (χ1v) is 10.7. The fraction of sp³-hybridized carbons (Fsp3) is 0.208. The molecular weight excluding hydrogens is 412 g/mol. The van der Waals surface area contributed by atoms with Crippen LogP contribution in [-0.4, -0.2) is 24.4 Å². The van der Waals surface area contributed by atoms with E-state index in [1.807, 2.05) is 38.1 Å². The number of anilines is 2. The lowest BCUT2D eigenvalue weighted by Crippen LogP contribution is -2.17. The molecule has 0 bridgehead atoms. The molecule has 0 saturated carbocycles. The SMILES string of the molecule is CCOC(=O)c1sc(NC(=O)c2ccccc2)c(C(=O)Nc2ccc(C)c(C)c2)c1C. The van der Waals surface area contributed by atoms with Crippen LogP contribution in [0.1, 0.15) is 54.0 Å². The number of aryl methyl sites for hydroxylation is 2. The molecule has 0 saturated heterocycles. The Morgan fingerprint density at radius 3 is 2.26 bits per heavy atom. The molecule has 7 heteroatoms. The zero-order chi connectivity index (χ0) is 22.5. The summed E-state index contributed by atoms with van der Waals surface area (Å²) < 4.78 is 5.12. The third kappa shape index (κ3) is 5.00. The first-order valence-electron chi connectivity index (χ1n) is 9.87. The van der Waals surface area contributed by atoms with Gasteiger partial charge in [-0.2, -0.15) is 0 Å². The van der Waals surface area contributed by atoms with E-state index in [-0.39, 0.29) is 23.0 Å². The van der Waals surface area contributed by atoms with E-state index in [9.17, 15) is 14.4 Å². The summed E-state index contributed by atoms with van der Waals surface area (Å²) >= 11 is 1.03. The Morgan fingerprint density at radius 1 is 0.903 bits per heavy atom. The van der Waals surface area contributed by atoms with Crippen LogP contribution in [0.4, 0.5) is 10.7 Å². The van der Waals surface area contributed by atoms with Gasteiger partial charge >= 0.3 is 5.97 Å². The van der Waals surface area contributed by atoms with Gasteiger partial charge in [0.25, 0.3) is 11.8 Å². The predicted molar refractivity (Wildman–Crippen MR) is 123 cm³/mol. The molecule has 2 N–H and O–H groups in total. The molecule has 0 fully saturated rings. The predicted octanol–water partition coefficient (Wildman–Crippen LogP) is 5.35. The standard InChI is InChI=1S/C24H24N2O4S/c1-5-30-24(29)20-16(4)19(22(28)25-18-12-11-14(2)15(3)13-18)23(31-20)26-21(27)17-9-7-6-8-10-17/h6-13H,5H2,1-4H3,(H,25,28)(H,26,27). The van der Waals surface area contributed by atoms with Gasteiger partial charge in [0.15, 0.2) is 0 Å². The number of carbonyl (C=O) groups excluding carboxylic acids is 3. The molecule has 1 aromatic heterocycles. The highest BCUT2D eigenvalue weighted by Crippen LogP contribution is 2.34. The summed E-state index contributed by atoms with van der Waals surface area (Å²) in [5, 5.41) is 5.95. The van der Waals surface area contributed by atoms with Crippen molar-refractivity contribution in [1.29, 1.82) is 0 Å². The largest absolute Gasteiger partial charge is 0.462 e. The quantitative estimate of drug-likeness (QED) is 0.510. The van der Waals surface area contributed by atoms with Crippen LogP contribution in [-0.2, 0) is 4.74 Å². The highest BCUT2D eigenvalue weighted by atomic mass is 32.1. The Balaban J connectivity index is 1.97. The van der Waals surface area contributed by atoms with Gasteiger partial charge in [-0.1, -0.05) is 24.3 Å². The zero-order valence-electron chi connectivity index (χ0n) is 17.9. The molecular formula is C24H24N2O4S. The first kappa shape index (κ1) is 22.2. The second-order valence-corrected chi connectivity index (χ2v) is 8.07. The van der Waals surface area contributed by atoms with Crippen LogP contribution in [0.25, 0.3) is 0 Å². The summed E-state index contributed by atoms with van der Waals surface area (Å²) in [5.41, 5.74) is 3.96. The van der Waals surface area contributed by atoms with Crippen molar-refractivity contribution in [3.8, 4) is 0 Å². The number of carbonyl (C=O) groups is 3. The van der Waals surface area contributed by atoms with Crippen LogP contribution in [0.3, 0.4) is 0 Å². The van der Waals surface area contributed by atoms with E-state index in [0.29, 0.717) is 21.8 Å². The van der Waals surface area contributed by atoms with Crippen molar-refractivity contribution in [2.24, 2.45) is 0 Å². The van der Waals surface area contributed by atoms with E-state index in [1.165, 1.54) is 0 Å². The number of hydrogen-bond acceptors (Lipinski definition) is 5. The van der Waals surface area contributed by atoms with Gasteiger partial charge in [-0.3, -0.25) is 9.59 Å². The van der Waals surface area contributed by atoms with Gasteiger partial charge < -0.3 is 15.4 Å². The maximum Gasteiger partial charge on any atom is 0.348 e. The van der Waals surface area contributed by atoms with Crippen molar-refractivity contribution in [2.75, 3.05) is 17.2 Å². The van der Waals surface area contributed by atoms with Crippen molar-refractivity contribution in [1.82, 2.24) is 0 Å². The maximum atomic E-state index is 13.2. The zero-order valence-corrected chi connectivity index (χ0v) is 18.7. The number of rotatable bonds is 6. The topological polar surface area (TPSA) is 84.5 Å². The van der Waals surface area contributed by atoms with Gasteiger partial charge in [0.2, 0.25) is 0 Å². The maximum absolute atomic E-state index is 13.2. The molecule has 2 aromatic carbocycles. The molecule has 0 aliphatic carbocycles. The number of thiophene rings is 1. The molecule has 2 amide bonds. The molecule has 0 aliphatic heterocycles. The fourth-order valence-electron chi connectivity index (χ4n) is 3.04. The second-order valence-electron chi connectivity index (χ2n) is 7.05. The van der Waals surface area contributed by atoms with Crippen LogP contribution in [0.5, 0.6) is 0 Å². The van der Waals surface area contributed by atoms with Crippen LogP contribution < -0.4 is 10.6 Å². The van der Waals surface area contributed by atoms with Gasteiger partial charge in [-0.15, -0.1) is 11.3 Å². The highest BCUT2D eigenvalue weighted by Gasteiger charge is 2.27. The molecule has 0 aliphatic rings. The second kappa shape index (κ2) is 9.57. The number of benzene rings is 2. The third-order valence-electron chi connectivity index (χ3n) is 4.86. The lowest BCUT2D eigenvalue weighted by Gasteiger charge is -2.10. The summed E-state index contributed by atoms with van der Waals surface area (Å²) in [6.07, 6.45) is 0. The van der Waals surface area contributed by atoms with Crippen LogP contribution in [0.15, 0.2) is 48.5 Å². The van der Waals surface area contributed by atoms with E-state index in [1.54, 1.807) is 38.1 Å². The number of hydrogen-bond donors (Lipinski definition) is 2. The minimum atomic E-state index is -0.523. The average molecular weight is 437 g/mol. The van der Waals surface area contributed by atoms with E-state index in [4.69, 9.17) is 4.74 Å². The summed E-state index contributed by atoms with van der Waals surface area (Å²) in [4.78, 5) is 38.5. The van der Waals surface area contributed by atoms with Crippen LogP contribution >= 0.6 is 11.3 Å². The van der Waals surface area contributed by atoms with E-state index >= 15 is 0 Å². The van der Waals surface area contributed by atoms with Crippen molar-refractivity contribution in [2.45, 2.75) is 27.7 Å². The van der Waals surface area contributed by atoms with Gasteiger partial charge in [0, 0.05) is 11.3 Å². The normalized spacial score (nSPS) is 10.5. The molecule has 31 heavy (non-hydrogen) atoms. The highest BCUT2D eigenvalue weighted by molar-refractivity contribution is 7.18. The molecule has 3 rings (SSSR count). The van der Waals surface area contributed by atoms with Crippen LogP contribution in [0.2, 0.25) is 0 Å². The number of esters is 1. The summed E-state index contributed by atoms with van der Waals surface area (Å²) in [7, 11) is 0. The Bertz CT molecular complexity index is 1140. The lowest BCUT2D eigenvalue weighted by molar-refractivity contribution is 0.0531. The van der Waals surface area contributed by atoms with E-state index in [0.717, 1.165) is 22.5 Å². The fourth-order valence-corrected chi connectivity index (χ4v) is 4.14. The smallest absolute Gasteiger partial charge is 0.348 e. The van der Waals surface area contributed by atoms with Crippen molar-refractivity contribution < 1.29 is 19.1 Å². The van der Waals surface area contributed by atoms with Crippen LogP contribution in [0, 0.1) is 20.8 Å². The number of amides is 2. The Labute approximate surface area is 185 Å². The van der Waals surface area contributed by atoms with Crippen molar-refractivity contribution in [3.63, 3.8) is 0 Å². The molecule has 0 atom stereocenters. The monoisotopic (exact) mass is 436 g/mol. The molecule has 0 spiro atoms. The lowest BCUT2D eigenvalue weighted by atomic mass is 10.1. The van der Waals surface area contributed by atoms with Crippen molar-refractivity contribution in [3.05, 3.63) is 81.2 Å². The van der Waals surface area contributed by atoms with E-state index in [2.05, 4.69) is 10.6 Å². The van der Waals surface area contributed by atoms with Gasteiger partial charge in [-0.25, -0.2) is 4.79 Å². The molecule has 3 aromatic rings. The molecule has 160 valence electrons. The number of nitrogens with one attached hydrogen (secondary N) is 2. The van der Waals surface area contributed by atoms with E-state index < -0.39 is 11.9 Å². The molecule has 0 radical (unpaired) electrons. The summed E-state index contributed by atoms with van der Waals surface area (Å²) in [6, 6.07) is 14.3. The minimum Gasteiger partial charge on any atom is -0.462 e. The summed E-state index contributed by atoms with van der Waals surface area (Å²) in [6.45, 7) is 7.56. The third-order valence-corrected chi connectivity index (χ3v) is 6.05. The molecule has 6 nitrogen and oxygen atoms in total. The molecule has 0 unspecified atom stereocenters. The van der Waals surface area contributed by atoms with Gasteiger partial charge in [-0.05, 0) is 68.7 Å². The van der Waals surface area contributed by atoms with Gasteiger partial charge in [0.1, 0.15) is 9.88 Å². The summed E-state index contributed by atoms with van der Waals surface area (Å²) in [5.74, 6) is -1.29. The Kier molecular flexibility index (Phi) is 6.87. The first-order chi connectivity index (χ1) is 14.8. The van der Waals surface area contributed by atoms with Crippen molar-refractivity contribution >= 4 is 39.8 Å². The number of ether oxygens (including phenoxy) is 1. The Hall–Kier alpha value is -3.45. The van der Waals surface area contributed by atoms with Gasteiger partial charge in [0.05, 0.1) is 12.2 Å². The average Bonchev–Trinajstić information content (AvgIpc) is 3.07. The minimum absolute atomic E-state index is 0.214.